The van der Waals surface area contributed by atoms with Crippen LogP contribution in [-0.2, 0) is 6.42 Å². The predicted octanol–water partition coefficient (Wildman–Crippen LogP) is 1.46. The van der Waals surface area contributed by atoms with E-state index in [2.05, 4.69) is 0 Å². The number of ether oxygens (including phenoxy) is 1. The molecule has 0 saturated carbocycles. The van der Waals surface area contributed by atoms with Crippen molar-refractivity contribution >= 4 is 5.97 Å². The molecule has 0 bridgehead atoms. The molecule has 3 nitrogen and oxygen atoms in total. The lowest BCUT2D eigenvalue weighted by molar-refractivity contribution is 0.0691. The maximum Gasteiger partial charge on any atom is 0.338 e. The highest BCUT2D eigenvalue weighted by Crippen LogP contribution is 2.29. The Hall–Kier alpha value is -1.58. The van der Waals surface area contributed by atoms with E-state index in [-0.39, 0.29) is 5.56 Å². The third kappa shape index (κ3) is 1.14. The molecule has 0 aromatic heterocycles. The van der Waals surface area contributed by atoms with Gasteiger partial charge in [-0.3, -0.25) is 0 Å². The molecule has 1 aromatic carbocycles. The summed E-state index contributed by atoms with van der Waals surface area (Å²) in [5.74, 6) is -1.45. The number of carboxylic acids is 1. The molecule has 1 N–H and O–H groups in total. The monoisotopic (exact) mass is 182 g/mol. The number of carboxylic acid groups (broad SMARTS) is 1. The van der Waals surface area contributed by atoms with Crippen LogP contribution >= 0.6 is 0 Å². The van der Waals surface area contributed by atoms with E-state index in [1.165, 1.54) is 12.1 Å². The average Bonchev–Trinajstić information content (AvgIpc) is 2.52. The molecule has 1 aromatic rings. The van der Waals surface area contributed by atoms with Crippen LogP contribution in [0.4, 0.5) is 4.39 Å². The quantitative estimate of drug-likeness (QED) is 0.715. The van der Waals surface area contributed by atoms with E-state index in [9.17, 15) is 9.18 Å². The Morgan fingerprint density at radius 1 is 1.54 bits per heavy atom. The van der Waals surface area contributed by atoms with Gasteiger partial charge < -0.3 is 9.84 Å². The third-order valence-electron chi connectivity index (χ3n) is 2.04. The SMILES string of the molecule is O=C(O)c1ccc2c(c1F)CCO2. The van der Waals surface area contributed by atoms with Crippen LogP contribution in [0.5, 0.6) is 5.75 Å². The molecule has 1 aliphatic heterocycles. The molecule has 0 amide bonds. The Bertz CT molecular complexity index is 373. The summed E-state index contributed by atoms with van der Waals surface area (Å²) in [6, 6.07) is 2.72. The highest BCUT2D eigenvalue weighted by Gasteiger charge is 2.21. The first-order valence-electron chi connectivity index (χ1n) is 3.87. The molecule has 68 valence electrons. The molecule has 0 fully saturated rings. The summed E-state index contributed by atoms with van der Waals surface area (Å²) < 4.78 is 18.4. The van der Waals surface area contributed by atoms with E-state index in [4.69, 9.17) is 9.84 Å². The lowest BCUT2D eigenvalue weighted by Crippen LogP contribution is -2.02. The molecule has 0 atom stereocenters. The molecule has 2 rings (SSSR count). The lowest BCUT2D eigenvalue weighted by atomic mass is 10.1. The third-order valence-corrected chi connectivity index (χ3v) is 2.04. The van der Waals surface area contributed by atoms with Gasteiger partial charge in [0.05, 0.1) is 12.2 Å². The van der Waals surface area contributed by atoms with Crippen LogP contribution < -0.4 is 4.74 Å². The number of hydrogen-bond acceptors (Lipinski definition) is 2. The summed E-state index contributed by atoms with van der Waals surface area (Å²) in [5, 5.41) is 8.62. The molecular formula is C9H7FO3. The van der Waals surface area contributed by atoms with E-state index in [1.54, 1.807) is 0 Å². The van der Waals surface area contributed by atoms with Crippen molar-refractivity contribution in [3.8, 4) is 5.75 Å². The molecule has 0 spiro atoms. The molecule has 0 aliphatic carbocycles. The number of carbonyl (C=O) groups is 1. The number of benzene rings is 1. The first-order valence-corrected chi connectivity index (χ1v) is 3.87. The molecule has 1 heterocycles. The summed E-state index contributed by atoms with van der Waals surface area (Å²) in [5.41, 5.74) is 0.0872. The Morgan fingerprint density at radius 2 is 2.31 bits per heavy atom. The van der Waals surface area contributed by atoms with Crippen LogP contribution in [0.2, 0.25) is 0 Å². The van der Waals surface area contributed by atoms with Gasteiger partial charge in [0.25, 0.3) is 0 Å². The van der Waals surface area contributed by atoms with Crippen LogP contribution in [0, 0.1) is 5.82 Å². The van der Waals surface area contributed by atoms with Gasteiger partial charge >= 0.3 is 5.97 Å². The molecule has 1 aliphatic rings. The van der Waals surface area contributed by atoms with Crippen molar-refractivity contribution in [2.24, 2.45) is 0 Å². The number of rotatable bonds is 1. The predicted molar refractivity (Wildman–Crippen MR) is 42.6 cm³/mol. The van der Waals surface area contributed by atoms with Crippen LogP contribution in [-0.4, -0.2) is 17.7 Å². The Balaban J connectivity index is 2.59. The van der Waals surface area contributed by atoms with Gasteiger partial charge in [-0.2, -0.15) is 0 Å². The van der Waals surface area contributed by atoms with E-state index in [0.29, 0.717) is 24.3 Å². The van der Waals surface area contributed by atoms with Crippen LogP contribution in [0.15, 0.2) is 12.1 Å². The zero-order valence-corrected chi connectivity index (χ0v) is 6.71. The zero-order chi connectivity index (χ0) is 9.42. The standard InChI is InChI=1S/C9H7FO3/c10-8-5-3-4-13-7(5)2-1-6(8)9(11)12/h1-2H,3-4H2,(H,11,12). The number of aromatic carboxylic acids is 1. The summed E-state index contributed by atoms with van der Waals surface area (Å²) in [4.78, 5) is 10.5. The van der Waals surface area contributed by atoms with Crippen LogP contribution in [0.1, 0.15) is 15.9 Å². The molecular weight excluding hydrogens is 175 g/mol. The second-order valence-electron chi connectivity index (χ2n) is 2.81. The Kier molecular flexibility index (Phi) is 1.69. The summed E-state index contributed by atoms with van der Waals surface area (Å²) in [6.07, 6.45) is 0.447. The van der Waals surface area contributed by atoms with Crippen molar-refractivity contribution in [2.45, 2.75) is 6.42 Å². The van der Waals surface area contributed by atoms with Gasteiger partial charge in [-0.15, -0.1) is 0 Å². The van der Waals surface area contributed by atoms with Gasteiger partial charge in [-0.1, -0.05) is 0 Å². The Labute approximate surface area is 73.8 Å². The zero-order valence-electron chi connectivity index (χ0n) is 6.71. The second kappa shape index (κ2) is 2.73. The highest BCUT2D eigenvalue weighted by atomic mass is 19.1. The lowest BCUT2D eigenvalue weighted by Gasteiger charge is -2.02. The topological polar surface area (TPSA) is 46.5 Å². The fourth-order valence-corrected chi connectivity index (χ4v) is 1.40. The van der Waals surface area contributed by atoms with Crippen molar-refractivity contribution in [3.05, 3.63) is 29.1 Å². The second-order valence-corrected chi connectivity index (χ2v) is 2.81. The molecule has 0 radical (unpaired) electrons. The normalized spacial score (nSPS) is 13.6. The van der Waals surface area contributed by atoms with Crippen molar-refractivity contribution in [3.63, 3.8) is 0 Å². The number of hydrogen-bond donors (Lipinski definition) is 1. The first kappa shape index (κ1) is 8.04. The minimum atomic E-state index is -1.24. The van der Waals surface area contributed by atoms with Crippen molar-refractivity contribution in [1.82, 2.24) is 0 Å². The van der Waals surface area contributed by atoms with E-state index in [0.717, 1.165) is 0 Å². The molecule has 0 saturated heterocycles. The average molecular weight is 182 g/mol. The van der Waals surface area contributed by atoms with Crippen molar-refractivity contribution in [1.29, 1.82) is 0 Å². The Morgan fingerprint density at radius 3 is 3.00 bits per heavy atom. The molecule has 0 unspecified atom stereocenters. The molecule has 13 heavy (non-hydrogen) atoms. The van der Waals surface area contributed by atoms with Crippen molar-refractivity contribution in [2.75, 3.05) is 6.61 Å². The number of fused-ring (bicyclic) bond motifs is 1. The van der Waals surface area contributed by atoms with Gasteiger partial charge in [0.2, 0.25) is 0 Å². The minimum Gasteiger partial charge on any atom is -0.493 e. The van der Waals surface area contributed by atoms with Crippen LogP contribution in [0.3, 0.4) is 0 Å². The van der Waals surface area contributed by atoms with Gasteiger partial charge in [-0.05, 0) is 12.1 Å². The minimum absolute atomic E-state index is 0.288. The fraction of sp³-hybridized carbons (Fsp3) is 0.222. The van der Waals surface area contributed by atoms with Gasteiger partial charge in [0.1, 0.15) is 11.6 Å². The van der Waals surface area contributed by atoms with E-state index in [1.807, 2.05) is 0 Å². The maximum absolute atomic E-state index is 13.4. The summed E-state index contributed by atoms with van der Waals surface area (Å²) >= 11 is 0. The summed E-state index contributed by atoms with van der Waals surface area (Å²) in [7, 11) is 0. The largest absolute Gasteiger partial charge is 0.493 e. The highest BCUT2D eigenvalue weighted by molar-refractivity contribution is 5.88. The maximum atomic E-state index is 13.4. The van der Waals surface area contributed by atoms with Crippen molar-refractivity contribution < 1.29 is 19.0 Å². The molecule has 4 heteroatoms. The first-order chi connectivity index (χ1) is 6.20. The smallest absolute Gasteiger partial charge is 0.338 e. The fourth-order valence-electron chi connectivity index (χ4n) is 1.40. The van der Waals surface area contributed by atoms with Gasteiger partial charge in [0.15, 0.2) is 0 Å². The van der Waals surface area contributed by atoms with E-state index < -0.39 is 11.8 Å². The number of halogens is 1. The van der Waals surface area contributed by atoms with E-state index >= 15 is 0 Å². The summed E-state index contributed by atoms with van der Waals surface area (Å²) in [6.45, 7) is 0.426. The van der Waals surface area contributed by atoms with Gasteiger partial charge in [0, 0.05) is 12.0 Å². The van der Waals surface area contributed by atoms with Gasteiger partial charge in [-0.25, -0.2) is 9.18 Å². The van der Waals surface area contributed by atoms with Crippen LogP contribution in [0.25, 0.3) is 0 Å².